The topological polar surface area (TPSA) is 175 Å². The van der Waals surface area contributed by atoms with Crippen LogP contribution in [0.2, 0.25) is 0 Å². The van der Waals surface area contributed by atoms with Crippen LogP contribution in [-0.4, -0.2) is 97.5 Å². The van der Waals surface area contributed by atoms with Crippen molar-refractivity contribution in [3.63, 3.8) is 0 Å². The summed E-state index contributed by atoms with van der Waals surface area (Å²) in [6.07, 6.45) is -5.57. The van der Waals surface area contributed by atoms with E-state index in [-0.39, 0.29) is 6.42 Å². The number of hydrogen-bond donors (Lipinski definition) is 6. The molecule has 2 heterocycles. The Hall–Kier alpha value is -2.35. The van der Waals surface area contributed by atoms with Crippen molar-refractivity contribution in [3.8, 4) is 0 Å². The van der Waals surface area contributed by atoms with Crippen molar-refractivity contribution < 1.29 is 54.4 Å². The molecule has 1 aromatic rings. The Bertz CT molecular complexity index is 950. The Kier molecular flexibility index (Phi) is 7.32. The van der Waals surface area contributed by atoms with E-state index < -0.39 is 72.8 Å². The van der Waals surface area contributed by atoms with Crippen LogP contribution in [0.4, 0.5) is 0 Å². The van der Waals surface area contributed by atoms with Crippen LogP contribution in [0.5, 0.6) is 0 Å². The number of carbonyl (C=O) groups excluding carboxylic acids is 1. The third-order valence-electron chi connectivity index (χ3n) is 6.77. The molecule has 2 aliphatic heterocycles. The maximum Gasteiger partial charge on any atom is 0.331 e. The Morgan fingerprint density at radius 2 is 1.83 bits per heavy atom. The van der Waals surface area contributed by atoms with Crippen LogP contribution in [-0.2, 0) is 23.7 Å². The number of carbonyl (C=O) groups is 1. The van der Waals surface area contributed by atoms with Crippen molar-refractivity contribution >= 4 is 12.0 Å². The Labute approximate surface area is 201 Å². The van der Waals surface area contributed by atoms with Gasteiger partial charge in [-0.05, 0) is 24.6 Å². The standard InChI is InChI=1S/C24H30O11/c1-23(35-16(27)8-7-13-5-3-2-4-6-13)11-15(26)24(31)9-10-32-22(20(23)24)34-21-19(30)18(29)17(28)14(12-25)33-21/h2-10,14-15,17-22,25-26,28-31H,11-12H2,1H3/b8-7+/t14-,15-,17-,18+,19-,20+,21+,22+,23+,24-/m1/s1. The van der Waals surface area contributed by atoms with Crippen LogP contribution in [0.1, 0.15) is 18.9 Å². The molecule has 2 fully saturated rings. The maximum absolute atomic E-state index is 12.6. The molecule has 35 heavy (non-hydrogen) atoms. The molecule has 4 rings (SSSR count). The minimum Gasteiger partial charge on any atom is -0.472 e. The molecule has 0 bridgehead atoms. The number of benzene rings is 1. The van der Waals surface area contributed by atoms with E-state index in [1.165, 1.54) is 19.1 Å². The van der Waals surface area contributed by atoms with E-state index >= 15 is 0 Å². The second kappa shape index (κ2) is 9.96. The van der Waals surface area contributed by atoms with Crippen LogP contribution in [0.25, 0.3) is 6.08 Å². The minimum atomic E-state index is -1.91. The third-order valence-corrected chi connectivity index (χ3v) is 6.77. The van der Waals surface area contributed by atoms with Gasteiger partial charge in [-0.25, -0.2) is 4.79 Å². The molecular formula is C24H30O11. The van der Waals surface area contributed by atoms with Gasteiger partial charge >= 0.3 is 5.97 Å². The predicted octanol–water partition coefficient (Wildman–Crippen LogP) is -1.20. The molecule has 0 spiro atoms. The minimum absolute atomic E-state index is 0.151. The van der Waals surface area contributed by atoms with Crippen molar-refractivity contribution in [2.24, 2.45) is 5.92 Å². The Morgan fingerprint density at radius 3 is 2.51 bits per heavy atom. The average Bonchev–Trinajstić information content (AvgIpc) is 3.03. The number of ether oxygens (including phenoxy) is 4. The highest BCUT2D eigenvalue weighted by atomic mass is 16.8. The van der Waals surface area contributed by atoms with Crippen LogP contribution >= 0.6 is 0 Å². The molecule has 0 radical (unpaired) electrons. The number of rotatable bonds is 6. The predicted molar refractivity (Wildman–Crippen MR) is 118 cm³/mol. The first-order chi connectivity index (χ1) is 16.6. The molecule has 0 aromatic heterocycles. The summed E-state index contributed by atoms with van der Waals surface area (Å²) in [4.78, 5) is 12.6. The van der Waals surface area contributed by atoms with Crippen molar-refractivity contribution in [2.75, 3.05) is 6.61 Å². The summed E-state index contributed by atoms with van der Waals surface area (Å²) < 4.78 is 22.3. The monoisotopic (exact) mass is 494 g/mol. The number of hydrogen-bond acceptors (Lipinski definition) is 11. The highest BCUT2D eigenvalue weighted by Crippen LogP contribution is 2.51. The molecule has 1 aromatic carbocycles. The lowest BCUT2D eigenvalue weighted by Gasteiger charge is -2.45. The summed E-state index contributed by atoms with van der Waals surface area (Å²) in [5, 5.41) is 61.7. The molecule has 11 heteroatoms. The summed E-state index contributed by atoms with van der Waals surface area (Å²) >= 11 is 0. The van der Waals surface area contributed by atoms with Crippen molar-refractivity contribution in [1.29, 1.82) is 0 Å². The average molecular weight is 494 g/mol. The summed E-state index contributed by atoms with van der Waals surface area (Å²) in [6.45, 7) is 0.852. The first-order valence-electron chi connectivity index (χ1n) is 11.2. The van der Waals surface area contributed by atoms with E-state index in [0.29, 0.717) is 0 Å². The fourth-order valence-electron chi connectivity index (χ4n) is 4.92. The van der Waals surface area contributed by atoms with Crippen molar-refractivity contribution in [3.05, 3.63) is 54.3 Å². The number of aliphatic hydroxyl groups excluding tert-OH is 5. The van der Waals surface area contributed by atoms with Gasteiger partial charge in [-0.3, -0.25) is 0 Å². The lowest BCUT2D eigenvalue weighted by Crippen LogP contribution is -2.62. The summed E-state index contributed by atoms with van der Waals surface area (Å²) in [5.41, 5.74) is -2.62. The molecule has 3 aliphatic rings. The van der Waals surface area contributed by atoms with E-state index in [1.807, 2.05) is 18.2 Å². The Balaban J connectivity index is 1.55. The number of esters is 1. The van der Waals surface area contributed by atoms with Gasteiger partial charge in [-0.1, -0.05) is 30.3 Å². The summed E-state index contributed by atoms with van der Waals surface area (Å²) in [5.74, 6) is -1.90. The van der Waals surface area contributed by atoms with Gasteiger partial charge in [0, 0.05) is 12.5 Å². The fraction of sp³-hybridized carbons (Fsp3) is 0.542. The van der Waals surface area contributed by atoms with Gasteiger partial charge in [-0.2, -0.15) is 0 Å². The van der Waals surface area contributed by atoms with E-state index in [9.17, 15) is 35.4 Å². The lowest BCUT2D eigenvalue weighted by atomic mass is 9.81. The lowest BCUT2D eigenvalue weighted by molar-refractivity contribution is -0.351. The molecule has 6 N–H and O–H groups in total. The van der Waals surface area contributed by atoms with E-state index in [0.717, 1.165) is 11.8 Å². The van der Waals surface area contributed by atoms with Gasteiger partial charge in [0.05, 0.1) is 24.9 Å². The highest BCUT2D eigenvalue weighted by Gasteiger charge is 2.66. The van der Waals surface area contributed by atoms with Gasteiger partial charge < -0.3 is 49.6 Å². The van der Waals surface area contributed by atoms with Gasteiger partial charge in [0.25, 0.3) is 0 Å². The zero-order valence-electron chi connectivity index (χ0n) is 19.0. The van der Waals surface area contributed by atoms with Crippen LogP contribution < -0.4 is 0 Å². The molecule has 1 aliphatic carbocycles. The zero-order chi connectivity index (χ0) is 25.4. The van der Waals surface area contributed by atoms with Crippen LogP contribution in [0.3, 0.4) is 0 Å². The summed E-state index contributed by atoms with van der Waals surface area (Å²) in [7, 11) is 0. The molecule has 11 nitrogen and oxygen atoms in total. The molecule has 1 saturated carbocycles. The quantitative estimate of drug-likeness (QED) is 0.207. The largest absolute Gasteiger partial charge is 0.472 e. The van der Waals surface area contributed by atoms with Gasteiger partial charge in [0.15, 0.2) is 6.29 Å². The maximum atomic E-state index is 12.6. The van der Waals surface area contributed by atoms with E-state index in [2.05, 4.69) is 0 Å². The molecule has 0 unspecified atom stereocenters. The first kappa shape index (κ1) is 25.7. The van der Waals surface area contributed by atoms with E-state index in [1.54, 1.807) is 18.2 Å². The second-order valence-corrected chi connectivity index (χ2v) is 9.20. The molecule has 0 amide bonds. The van der Waals surface area contributed by atoms with Crippen LogP contribution in [0, 0.1) is 5.92 Å². The molecule has 10 atom stereocenters. The van der Waals surface area contributed by atoms with E-state index in [4.69, 9.17) is 18.9 Å². The Morgan fingerprint density at radius 1 is 1.11 bits per heavy atom. The SMILES string of the molecule is C[C@]1(OC(=O)/C=C/c2ccccc2)C[C@@H](O)[C@]2(O)C=CO[C@@H](O[C@@H]3O[C@H](CO)[C@@H](O)[C@H](O)[C@H]3O)[C@H]21. The highest BCUT2D eigenvalue weighted by molar-refractivity contribution is 5.87. The van der Waals surface area contributed by atoms with Crippen LogP contribution in [0.15, 0.2) is 48.7 Å². The number of fused-ring (bicyclic) bond motifs is 1. The normalized spacial score (nSPS) is 43.1. The molecular weight excluding hydrogens is 464 g/mol. The third kappa shape index (κ3) is 4.86. The molecule has 1 saturated heterocycles. The summed E-state index contributed by atoms with van der Waals surface area (Å²) in [6, 6.07) is 9.06. The smallest absolute Gasteiger partial charge is 0.331 e. The van der Waals surface area contributed by atoms with Gasteiger partial charge in [0.1, 0.15) is 35.6 Å². The fourth-order valence-corrected chi connectivity index (χ4v) is 4.92. The van der Waals surface area contributed by atoms with Gasteiger partial charge in [0.2, 0.25) is 6.29 Å². The van der Waals surface area contributed by atoms with Crippen molar-refractivity contribution in [2.45, 2.75) is 67.6 Å². The van der Waals surface area contributed by atoms with Crippen molar-refractivity contribution in [1.82, 2.24) is 0 Å². The molecule has 192 valence electrons. The first-order valence-corrected chi connectivity index (χ1v) is 11.2. The number of aliphatic hydroxyl groups is 6. The second-order valence-electron chi connectivity index (χ2n) is 9.20. The van der Waals surface area contributed by atoms with Gasteiger partial charge in [-0.15, -0.1) is 0 Å². The zero-order valence-corrected chi connectivity index (χ0v) is 19.0.